The summed E-state index contributed by atoms with van der Waals surface area (Å²) in [4.78, 5) is 19.7. The van der Waals surface area contributed by atoms with Crippen molar-refractivity contribution in [2.24, 2.45) is 11.3 Å². The highest BCUT2D eigenvalue weighted by Crippen LogP contribution is 2.40. The molecule has 0 N–H and O–H groups in total. The molecule has 0 aliphatic carbocycles. The van der Waals surface area contributed by atoms with E-state index in [0.29, 0.717) is 17.5 Å². The lowest BCUT2D eigenvalue weighted by atomic mass is 9.71. The predicted molar refractivity (Wildman–Crippen MR) is 124 cm³/mol. The number of nitrogens with zero attached hydrogens (tertiary/aromatic N) is 6. The van der Waals surface area contributed by atoms with Crippen LogP contribution in [0.1, 0.15) is 52.5 Å². The summed E-state index contributed by atoms with van der Waals surface area (Å²) in [6.45, 7) is 18.7. The maximum atomic E-state index is 4.80. The Labute approximate surface area is 183 Å². The van der Waals surface area contributed by atoms with Gasteiger partial charge in [0.1, 0.15) is 0 Å². The van der Waals surface area contributed by atoms with E-state index in [-0.39, 0.29) is 0 Å². The molecule has 0 amide bonds. The molecule has 0 bridgehead atoms. The third-order valence-electron chi connectivity index (χ3n) is 7.42. The van der Waals surface area contributed by atoms with E-state index in [9.17, 15) is 0 Å². The van der Waals surface area contributed by atoms with Gasteiger partial charge in [-0.1, -0.05) is 20.8 Å². The van der Waals surface area contributed by atoms with Crippen molar-refractivity contribution in [1.29, 1.82) is 0 Å². The summed E-state index contributed by atoms with van der Waals surface area (Å²) in [6, 6.07) is 0.955. The molecule has 4 rings (SSSR count). The summed E-state index contributed by atoms with van der Waals surface area (Å²) < 4.78 is 0. The van der Waals surface area contributed by atoms with Gasteiger partial charge >= 0.3 is 0 Å². The minimum absolute atomic E-state index is 0.454. The van der Waals surface area contributed by atoms with Gasteiger partial charge in [-0.2, -0.15) is 0 Å². The Hall–Kier alpha value is -1.24. The first kappa shape index (κ1) is 22.0. The molecule has 6 heteroatoms. The molecule has 3 fully saturated rings. The van der Waals surface area contributed by atoms with E-state index in [1.807, 2.05) is 0 Å². The van der Waals surface area contributed by atoms with Crippen molar-refractivity contribution in [3.05, 3.63) is 18.0 Å². The number of piperazine rings is 1. The predicted octanol–water partition coefficient (Wildman–Crippen LogP) is 2.95. The van der Waals surface area contributed by atoms with E-state index in [2.05, 4.69) is 66.7 Å². The largest absolute Gasteiger partial charge is 0.333 e. The minimum Gasteiger partial charge on any atom is -0.333 e. The summed E-state index contributed by atoms with van der Waals surface area (Å²) >= 11 is 0. The standard InChI is InChI=1S/C24H42N6/c1-6-22-16-27(5)14-20(4)30(22)23-25-11-21(12-26-23)15-28-9-7-24(8-10-28)17-29(18-24)13-19(2)3/h11-12,19-20,22H,6-10,13-18H2,1-5H3. The number of hydrogen-bond donors (Lipinski definition) is 0. The van der Waals surface area contributed by atoms with Crippen molar-refractivity contribution in [1.82, 2.24) is 24.7 Å². The first-order valence-corrected chi connectivity index (χ1v) is 12.1. The van der Waals surface area contributed by atoms with E-state index in [1.165, 1.54) is 51.1 Å². The van der Waals surface area contributed by atoms with Gasteiger partial charge in [-0.3, -0.25) is 4.90 Å². The second-order valence-corrected chi connectivity index (χ2v) is 10.8. The SMILES string of the molecule is CCC1CN(C)CC(C)N1c1ncc(CN2CCC3(CC2)CN(CC(C)C)C3)cn1. The molecule has 3 aliphatic rings. The van der Waals surface area contributed by atoms with Gasteiger partial charge in [0, 0.05) is 69.3 Å². The van der Waals surface area contributed by atoms with Gasteiger partial charge in [0.25, 0.3) is 0 Å². The first-order chi connectivity index (χ1) is 14.4. The van der Waals surface area contributed by atoms with Gasteiger partial charge in [0.15, 0.2) is 0 Å². The van der Waals surface area contributed by atoms with Crippen molar-refractivity contribution in [3.8, 4) is 0 Å². The van der Waals surface area contributed by atoms with Gasteiger partial charge in [-0.05, 0) is 57.7 Å². The Morgan fingerprint density at radius 2 is 1.73 bits per heavy atom. The Bertz CT molecular complexity index is 673. The van der Waals surface area contributed by atoms with Gasteiger partial charge in [0.2, 0.25) is 5.95 Å². The van der Waals surface area contributed by atoms with Crippen molar-refractivity contribution in [3.63, 3.8) is 0 Å². The summed E-state index contributed by atoms with van der Waals surface area (Å²) in [5.74, 6) is 1.69. The second kappa shape index (κ2) is 9.09. The molecule has 6 nitrogen and oxygen atoms in total. The Morgan fingerprint density at radius 1 is 1.07 bits per heavy atom. The zero-order chi connectivity index (χ0) is 21.3. The van der Waals surface area contributed by atoms with E-state index >= 15 is 0 Å². The average molecular weight is 415 g/mol. The van der Waals surface area contributed by atoms with Crippen LogP contribution in [-0.2, 0) is 6.54 Å². The molecule has 1 spiro atoms. The van der Waals surface area contributed by atoms with Crippen LogP contribution in [0.15, 0.2) is 12.4 Å². The van der Waals surface area contributed by atoms with Crippen LogP contribution in [0.25, 0.3) is 0 Å². The van der Waals surface area contributed by atoms with Gasteiger partial charge in [0.05, 0.1) is 0 Å². The lowest BCUT2D eigenvalue weighted by Crippen LogP contribution is -2.60. The van der Waals surface area contributed by atoms with Crippen molar-refractivity contribution >= 4 is 5.95 Å². The minimum atomic E-state index is 0.454. The number of likely N-dealkylation sites (N-methyl/N-ethyl adjacent to an activating group) is 1. The maximum absolute atomic E-state index is 4.80. The average Bonchev–Trinajstić information content (AvgIpc) is 2.68. The maximum Gasteiger partial charge on any atom is 0.225 e. The number of aromatic nitrogens is 2. The number of rotatable bonds is 6. The number of piperidine rings is 1. The molecule has 1 aromatic heterocycles. The number of anilines is 1. The third-order valence-corrected chi connectivity index (χ3v) is 7.42. The Balaban J connectivity index is 1.29. The lowest BCUT2D eigenvalue weighted by molar-refractivity contribution is -0.0525. The topological polar surface area (TPSA) is 38.7 Å². The van der Waals surface area contributed by atoms with Crippen molar-refractivity contribution in [2.75, 3.05) is 57.8 Å². The Kier molecular flexibility index (Phi) is 6.66. The normalized spacial score (nSPS) is 28.3. The quantitative estimate of drug-likeness (QED) is 0.713. The molecule has 0 radical (unpaired) electrons. The third kappa shape index (κ3) is 4.81. The van der Waals surface area contributed by atoms with Crippen LogP contribution in [-0.4, -0.2) is 89.6 Å². The van der Waals surface area contributed by atoms with Crippen LogP contribution in [0.4, 0.5) is 5.95 Å². The zero-order valence-electron chi connectivity index (χ0n) is 19.8. The summed E-state index contributed by atoms with van der Waals surface area (Å²) in [6.07, 6.45) is 7.95. The number of likely N-dealkylation sites (tertiary alicyclic amines) is 2. The molecular formula is C24H42N6. The molecular weight excluding hydrogens is 372 g/mol. The zero-order valence-corrected chi connectivity index (χ0v) is 19.8. The fraction of sp³-hybridized carbons (Fsp3) is 0.833. The molecule has 0 aromatic carbocycles. The summed E-state index contributed by atoms with van der Waals surface area (Å²) in [5, 5.41) is 0. The molecule has 3 aliphatic heterocycles. The van der Waals surface area contributed by atoms with E-state index in [0.717, 1.165) is 37.9 Å². The highest BCUT2D eigenvalue weighted by Gasteiger charge is 2.44. The second-order valence-electron chi connectivity index (χ2n) is 10.8. The van der Waals surface area contributed by atoms with Crippen molar-refractivity contribution < 1.29 is 0 Å². The molecule has 4 heterocycles. The Morgan fingerprint density at radius 3 is 2.33 bits per heavy atom. The highest BCUT2D eigenvalue weighted by atomic mass is 15.4. The van der Waals surface area contributed by atoms with Crippen LogP contribution in [0.5, 0.6) is 0 Å². The lowest BCUT2D eigenvalue weighted by Gasteiger charge is -2.54. The molecule has 1 aromatic rings. The molecule has 2 atom stereocenters. The summed E-state index contributed by atoms with van der Waals surface area (Å²) in [5.41, 5.74) is 1.86. The first-order valence-electron chi connectivity index (χ1n) is 12.1. The monoisotopic (exact) mass is 414 g/mol. The fourth-order valence-electron chi connectivity index (χ4n) is 5.98. The van der Waals surface area contributed by atoms with E-state index in [1.54, 1.807) is 0 Å². The van der Waals surface area contributed by atoms with Crippen LogP contribution >= 0.6 is 0 Å². The van der Waals surface area contributed by atoms with Gasteiger partial charge < -0.3 is 14.7 Å². The molecule has 3 saturated heterocycles. The molecule has 0 saturated carbocycles. The highest BCUT2D eigenvalue weighted by molar-refractivity contribution is 5.35. The van der Waals surface area contributed by atoms with Crippen LogP contribution in [0.3, 0.4) is 0 Å². The van der Waals surface area contributed by atoms with Crippen LogP contribution < -0.4 is 4.90 Å². The smallest absolute Gasteiger partial charge is 0.225 e. The van der Waals surface area contributed by atoms with Crippen molar-refractivity contribution in [2.45, 2.75) is 65.6 Å². The van der Waals surface area contributed by atoms with Gasteiger partial charge in [-0.15, -0.1) is 0 Å². The van der Waals surface area contributed by atoms with Crippen LogP contribution in [0, 0.1) is 11.3 Å². The van der Waals surface area contributed by atoms with Gasteiger partial charge in [-0.25, -0.2) is 9.97 Å². The van der Waals surface area contributed by atoms with E-state index < -0.39 is 0 Å². The fourth-order valence-corrected chi connectivity index (χ4v) is 5.98. The summed E-state index contributed by atoms with van der Waals surface area (Å²) in [7, 11) is 2.22. The van der Waals surface area contributed by atoms with E-state index in [4.69, 9.17) is 9.97 Å². The molecule has 168 valence electrons. The van der Waals surface area contributed by atoms with Crippen LogP contribution in [0.2, 0.25) is 0 Å². The molecule has 30 heavy (non-hydrogen) atoms. The molecule has 2 unspecified atom stereocenters. The number of hydrogen-bond acceptors (Lipinski definition) is 6.